The minimum Gasteiger partial charge on any atom is -0.272 e. The molecule has 2 amide bonds. The average molecular weight is 331 g/mol. The molecule has 6 rings (SSSR count). The first-order valence-corrected chi connectivity index (χ1v) is 8.53. The lowest BCUT2D eigenvalue weighted by molar-refractivity contribution is -0.186. The molecule has 0 N–H and O–H groups in total. The van der Waals surface area contributed by atoms with E-state index in [1.165, 1.54) is 22.3 Å². The molecule has 25 heavy (non-hydrogen) atoms. The second-order valence-corrected chi connectivity index (χ2v) is 6.82. The predicted octanol–water partition coefficient (Wildman–Crippen LogP) is 3.00. The summed E-state index contributed by atoms with van der Waals surface area (Å²) in [7, 11) is 0. The Morgan fingerprint density at radius 3 is 1.60 bits per heavy atom. The van der Waals surface area contributed by atoms with Crippen molar-refractivity contribution in [3.8, 4) is 0 Å². The SMILES string of the molecule is C=CCON1C(=O)[C@@H]2C3c4ccccc4C(c4ccccc43)[C@H]2C1=O. The van der Waals surface area contributed by atoms with Gasteiger partial charge >= 0.3 is 0 Å². The molecular weight excluding hydrogens is 314 g/mol. The fourth-order valence-corrected chi connectivity index (χ4v) is 4.90. The van der Waals surface area contributed by atoms with Crippen LogP contribution in [-0.4, -0.2) is 23.5 Å². The van der Waals surface area contributed by atoms with Gasteiger partial charge in [-0.1, -0.05) is 54.6 Å². The lowest BCUT2D eigenvalue weighted by Gasteiger charge is -2.45. The van der Waals surface area contributed by atoms with Crippen LogP contribution in [-0.2, 0) is 14.4 Å². The fraction of sp³-hybridized carbons (Fsp3) is 0.238. The molecule has 4 aliphatic rings. The van der Waals surface area contributed by atoms with Crippen molar-refractivity contribution in [1.29, 1.82) is 0 Å². The zero-order valence-corrected chi connectivity index (χ0v) is 13.6. The zero-order valence-electron chi connectivity index (χ0n) is 13.6. The van der Waals surface area contributed by atoms with Gasteiger partial charge in [-0.2, -0.15) is 5.06 Å². The Labute approximate surface area is 145 Å². The van der Waals surface area contributed by atoms with Gasteiger partial charge in [-0.05, 0) is 22.3 Å². The molecule has 4 nitrogen and oxygen atoms in total. The van der Waals surface area contributed by atoms with Gasteiger partial charge < -0.3 is 0 Å². The summed E-state index contributed by atoms with van der Waals surface area (Å²) in [6.45, 7) is 3.74. The number of carbonyl (C=O) groups excluding carboxylic acids is 2. The summed E-state index contributed by atoms with van der Waals surface area (Å²) in [6.07, 6.45) is 1.54. The van der Waals surface area contributed by atoms with Crippen LogP contribution in [0.25, 0.3) is 0 Å². The van der Waals surface area contributed by atoms with E-state index in [0.29, 0.717) is 0 Å². The van der Waals surface area contributed by atoms with E-state index in [4.69, 9.17) is 4.84 Å². The van der Waals surface area contributed by atoms with Gasteiger partial charge in [0, 0.05) is 11.8 Å². The third-order valence-electron chi connectivity index (χ3n) is 5.73. The van der Waals surface area contributed by atoms with Gasteiger partial charge in [-0.15, -0.1) is 6.58 Å². The highest BCUT2D eigenvalue weighted by molar-refractivity contribution is 6.06. The number of rotatable bonds is 3. The maximum atomic E-state index is 13.0. The van der Waals surface area contributed by atoms with Crippen molar-refractivity contribution in [3.05, 3.63) is 83.4 Å². The van der Waals surface area contributed by atoms with E-state index < -0.39 is 0 Å². The molecule has 2 bridgehead atoms. The highest BCUT2D eigenvalue weighted by atomic mass is 16.7. The van der Waals surface area contributed by atoms with Crippen molar-refractivity contribution in [2.75, 3.05) is 6.61 Å². The summed E-state index contributed by atoms with van der Waals surface area (Å²) < 4.78 is 0. The Hall–Kier alpha value is -2.72. The molecule has 1 aliphatic heterocycles. The summed E-state index contributed by atoms with van der Waals surface area (Å²) in [5, 5.41) is 0.981. The molecule has 0 unspecified atom stereocenters. The molecule has 2 aromatic carbocycles. The van der Waals surface area contributed by atoms with Crippen LogP contribution in [0.3, 0.4) is 0 Å². The second kappa shape index (κ2) is 5.14. The number of hydrogen-bond donors (Lipinski definition) is 0. The van der Waals surface area contributed by atoms with Crippen LogP contribution in [0, 0.1) is 11.8 Å². The molecule has 0 radical (unpaired) electrons. The Kier molecular flexibility index (Phi) is 3.00. The maximum Gasteiger partial charge on any atom is 0.258 e. The fourth-order valence-electron chi connectivity index (χ4n) is 4.90. The molecule has 4 heteroatoms. The molecule has 1 fully saturated rings. The van der Waals surface area contributed by atoms with Gasteiger partial charge in [-0.3, -0.25) is 14.4 Å². The molecule has 3 aliphatic carbocycles. The first-order chi connectivity index (χ1) is 12.2. The van der Waals surface area contributed by atoms with E-state index in [2.05, 4.69) is 30.8 Å². The number of hydroxylamine groups is 2. The van der Waals surface area contributed by atoms with Gasteiger partial charge in [0.05, 0.1) is 18.4 Å². The maximum absolute atomic E-state index is 13.0. The van der Waals surface area contributed by atoms with Crippen LogP contribution in [0.15, 0.2) is 61.2 Å². The number of amides is 2. The minimum absolute atomic E-state index is 0.0869. The van der Waals surface area contributed by atoms with Crippen LogP contribution in [0.5, 0.6) is 0 Å². The van der Waals surface area contributed by atoms with Crippen molar-refractivity contribution in [3.63, 3.8) is 0 Å². The summed E-state index contributed by atoms with van der Waals surface area (Å²) in [4.78, 5) is 31.4. The van der Waals surface area contributed by atoms with E-state index in [-0.39, 0.29) is 42.1 Å². The number of carbonyl (C=O) groups is 2. The monoisotopic (exact) mass is 331 g/mol. The Morgan fingerprint density at radius 1 is 0.840 bits per heavy atom. The Bertz CT molecular complexity index is 803. The number of imide groups is 1. The topological polar surface area (TPSA) is 46.6 Å². The first-order valence-electron chi connectivity index (χ1n) is 8.53. The third kappa shape index (κ3) is 1.75. The highest BCUT2D eigenvalue weighted by Gasteiger charge is 2.62. The Morgan fingerprint density at radius 2 is 1.24 bits per heavy atom. The summed E-state index contributed by atoms with van der Waals surface area (Å²) in [6, 6.07) is 16.4. The van der Waals surface area contributed by atoms with Crippen molar-refractivity contribution in [1.82, 2.24) is 5.06 Å². The largest absolute Gasteiger partial charge is 0.272 e. The average Bonchev–Trinajstić information content (AvgIpc) is 2.91. The van der Waals surface area contributed by atoms with Crippen molar-refractivity contribution < 1.29 is 14.4 Å². The summed E-state index contributed by atoms with van der Waals surface area (Å²) in [5.74, 6) is -1.39. The lowest BCUT2D eigenvalue weighted by Crippen LogP contribution is -2.41. The zero-order chi connectivity index (χ0) is 17.1. The van der Waals surface area contributed by atoms with Gasteiger partial charge in [0.1, 0.15) is 0 Å². The number of hydrogen-bond acceptors (Lipinski definition) is 3. The third-order valence-corrected chi connectivity index (χ3v) is 5.73. The molecule has 0 aromatic heterocycles. The van der Waals surface area contributed by atoms with Crippen LogP contribution in [0.2, 0.25) is 0 Å². The van der Waals surface area contributed by atoms with E-state index in [0.717, 1.165) is 5.06 Å². The molecule has 1 saturated heterocycles. The van der Waals surface area contributed by atoms with Gasteiger partial charge in [0.2, 0.25) is 0 Å². The van der Waals surface area contributed by atoms with Gasteiger partial charge in [0.15, 0.2) is 0 Å². The Balaban J connectivity index is 1.72. The highest BCUT2D eigenvalue weighted by Crippen LogP contribution is 2.60. The summed E-state index contributed by atoms with van der Waals surface area (Å²) in [5.41, 5.74) is 4.66. The standard InChI is InChI=1S/C21H17NO3/c1-2-11-25-22-20(23)18-16-12-7-3-4-8-13(12)17(19(18)21(22)24)15-10-6-5-9-14(15)16/h2-10,16-19H,1,11H2/t16?,17?,18-,19-/m1/s1. The van der Waals surface area contributed by atoms with Crippen LogP contribution in [0.4, 0.5) is 0 Å². The van der Waals surface area contributed by atoms with Crippen LogP contribution < -0.4 is 0 Å². The lowest BCUT2D eigenvalue weighted by atomic mass is 9.55. The van der Waals surface area contributed by atoms with E-state index in [1.807, 2.05) is 24.3 Å². The minimum atomic E-state index is -0.382. The smallest absolute Gasteiger partial charge is 0.258 e. The molecule has 2 aromatic rings. The van der Waals surface area contributed by atoms with E-state index >= 15 is 0 Å². The predicted molar refractivity (Wildman–Crippen MR) is 91.6 cm³/mol. The van der Waals surface area contributed by atoms with Crippen molar-refractivity contribution >= 4 is 11.8 Å². The quantitative estimate of drug-likeness (QED) is 0.642. The van der Waals surface area contributed by atoms with Crippen LogP contribution >= 0.6 is 0 Å². The molecule has 1 heterocycles. The molecule has 0 spiro atoms. The molecule has 2 atom stereocenters. The van der Waals surface area contributed by atoms with Gasteiger partial charge in [-0.25, -0.2) is 0 Å². The summed E-state index contributed by atoms with van der Waals surface area (Å²) >= 11 is 0. The van der Waals surface area contributed by atoms with Crippen molar-refractivity contribution in [2.45, 2.75) is 11.8 Å². The number of benzene rings is 2. The van der Waals surface area contributed by atoms with Gasteiger partial charge in [0.25, 0.3) is 11.8 Å². The van der Waals surface area contributed by atoms with E-state index in [9.17, 15) is 9.59 Å². The van der Waals surface area contributed by atoms with E-state index in [1.54, 1.807) is 6.08 Å². The first kappa shape index (κ1) is 14.6. The normalized spacial score (nSPS) is 28.6. The number of nitrogens with zero attached hydrogens (tertiary/aromatic N) is 1. The second-order valence-electron chi connectivity index (χ2n) is 6.82. The molecule has 0 saturated carbocycles. The molecular formula is C21H17NO3. The molecule has 124 valence electrons. The van der Waals surface area contributed by atoms with Crippen molar-refractivity contribution in [2.24, 2.45) is 11.8 Å². The van der Waals surface area contributed by atoms with Crippen LogP contribution in [0.1, 0.15) is 34.1 Å².